The van der Waals surface area contributed by atoms with E-state index in [0.717, 1.165) is 68.3 Å². The zero-order valence-corrected chi connectivity index (χ0v) is 27.4. The molecule has 0 unspecified atom stereocenters. The van der Waals surface area contributed by atoms with Crippen molar-refractivity contribution in [3.63, 3.8) is 0 Å². The number of pyridine rings is 1. The van der Waals surface area contributed by atoms with Gasteiger partial charge in [-0.05, 0) is 44.0 Å². The van der Waals surface area contributed by atoms with E-state index in [1.807, 2.05) is 11.0 Å². The lowest BCUT2D eigenvalue weighted by Crippen LogP contribution is -2.62. The van der Waals surface area contributed by atoms with Gasteiger partial charge >= 0.3 is 5.69 Å². The van der Waals surface area contributed by atoms with E-state index >= 15 is 0 Å². The largest absolute Gasteiger partial charge is 0.379 e. The number of hydrogen-bond donors (Lipinski definition) is 1. The molecule has 0 bridgehead atoms. The lowest BCUT2D eigenvalue weighted by molar-refractivity contribution is -0.121. The summed E-state index contributed by atoms with van der Waals surface area (Å²) in [7, 11) is 0. The van der Waals surface area contributed by atoms with E-state index in [0.29, 0.717) is 44.4 Å². The fourth-order valence-electron chi connectivity index (χ4n) is 7.71. The Morgan fingerprint density at radius 1 is 1.11 bits per heavy atom. The van der Waals surface area contributed by atoms with E-state index in [1.165, 1.54) is 12.1 Å². The van der Waals surface area contributed by atoms with Gasteiger partial charge in [-0.2, -0.15) is 0 Å². The second-order valence-electron chi connectivity index (χ2n) is 14.3. The second kappa shape index (κ2) is 12.5. The molecular formula is C34H46FN7O4. The molecule has 0 aliphatic carbocycles. The third-order valence-electron chi connectivity index (χ3n) is 10.2. The SMILES string of the molecule is C[C@@H]1CN(CC(=O)N2CC(C)(C)c3c2cc(Cc2ccc(F)cc2)c2nn([C@H]4CCOC4)c(=O)n32)[C@@H](CN2CCOC[C@H]2C)CN1. The van der Waals surface area contributed by atoms with Crippen molar-refractivity contribution < 1.29 is 18.7 Å². The highest BCUT2D eigenvalue weighted by Gasteiger charge is 2.43. The van der Waals surface area contributed by atoms with Crippen LogP contribution in [0.15, 0.2) is 35.1 Å². The lowest BCUT2D eigenvalue weighted by Gasteiger charge is -2.43. The first kappa shape index (κ1) is 31.4. The first-order valence-electron chi connectivity index (χ1n) is 16.7. The molecule has 4 atom stereocenters. The zero-order valence-electron chi connectivity index (χ0n) is 27.4. The first-order chi connectivity index (χ1) is 22.1. The molecule has 4 aliphatic rings. The van der Waals surface area contributed by atoms with Crippen molar-refractivity contribution in [1.82, 2.24) is 29.3 Å². The number of fused-ring (bicyclic) bond motifs is 3. The van der Waals surface area contributed by atoms with Crippen LogP contribution >= 0.6 is 0 Å². The molecule has 4 aliphatic heterocycles. The Labute approximate surface area is 269 Å². The Hall–Kier alpha value is -3.16. The van der Waals surface area contributed by atoms with Gasteiger partial charge in [-0.3, -0.25) is 14.6 Å². The van der Waals surface area contributed by atoms with Gasteiger partial charge in [-0.1, -0.05) is 26.0 Å². The third kappa shape index (κ3) is 5.90. The molecule has 0 saturated carbocycles. The van der Waals surface area contributed by atoms with Crippen molar-refractivity contribution in [1.29, 1.82) is 0 Å². The van der Waals surface area contributed by atoms with Gasteiger partial charge in [0, 0.05) is 74.9 Å². The van der Waals surface area contributed by atoms with E-state index < -0.39 is 5.41 Å². The molecule has 1 aromatic carbocycles. The van der Waals surface area contributed by atoms with Crippen LogP contribution in [0.4, 0.5) is 10.1 Å². The maximum Gasteiger partial charge on any atom is 0.351 e. The van der Waals surface area contributed by atoms with Crippen molar-refractivity contribution in [2.45, 2.75) is 70.1 Å². The molecular weight excluding hydrogens is 589 g/mol. The number of anilines is 1. The third-order valence-corrected chi connectivity index (χ3v) is 10.2. The quantitative estimate of drug-likeness (QED) is 0.423. The highest BCUT2D eigenvalue weighted by atomic mass is 19.1. The number of halogens is 1. The number of benzene rings is 1. The Bertz CT molecular complexity index is 1650. The molecule has 1 amide bonds. The van der Waals surface area contributed by atoms with Crippen LogP contribution in [0.3, 0.4) is 0 Å². The van der Waals surface area contributed by atoms with Gasteiger partial charge in [0.25, 0.3) is 0 Å². The van der Waals surface area contributed by atoms with Crippen molar-refractivity contribution in [3.8, 4) is 0 Å². The van der Waals surface area contributed by atoms with Gasteiger partial charge in [0.05, 0.1) is 43.8 Å². The van der Waals surface area contributed by atoms with Gasteiger partial charge in [0.1, 0.15) is 5.82 Å². The van der Waals surface area contributed by atoms with Gasteiger partial charge in [-0.25, -0.2) is 18.3 Å². The number of ether oxygens (including phenoxy) is 2. The summed E-state index contributed by atoms with van der Waals surface area (Å²) in [5.74, 6) is -0.274. The summed E-state index contributed by atoms with van der Waals surface area (Å²) >= 11 is 0. The standard InChI is InChI=1S/C34H46FN7O4/c1-22-16-39(28(15-36-22)17-38-10-12-46-19-23(38)2)18-30(43)40-21-34(3,4)31-29(40)14-25(13-24-5-7-26(35)8-6-24)32-37-42(33(44)41(31)32)27-9-11-45-20-27/h5-8,14,22-23,27-28,36H,9-13,15-21H2,1-4H3/t22-,23-,27+,28-/m1/s1. The van der Waals surface area contributed by atoms with Crippen LogP contribution in [-0.4, -0.2) is 114 Å². The van der Waals surface area contributed by atoms with Crippen LogP contribution in [-0.2, 0) is 26.1 Å². The lowest BCUT2D eigenvalue weighted by atomic mass is 9.90. The molecule has 3 saturated heterocycles. The molecule has 7 rings (SSSR count). The highest BCUT2D eigenvalue weighted by Crippen LogP contribution is 2.42. The highest BCUT2D eigenvalue weighted by molar-refractivity contribution is 5.98. The molecule has 248 valence electrons. The predicted molar refractivity (Wildman–Crippen MR) is 173 cm³/mol. The molecule has 1 N–H and O–H groups in total. The van der Waals surface area contributed by atoms with Crippen molar-refractivity contribution in [2.75, 3.05) is 70.6 Å². The van der Waals surface area contributed by atoms with E-state index in [2.05, 4.69) is 42.8 Å². The number of hydrogen-bond acceptors (Lipinski definition) is 8. The molecule has 46 heavy (non-hydrogen) atoms. The van der Waals surface area contributed by atoms with E-state index in [9.17, 15) is 14.0 Å². The van der Waals surface area contributed by atoms with Crippen molar-refractivity contribution in [3.05, 3.63) is 63.5 Å². The summed E-state index contributed by atoms with van der Waals surface area (Å²) in [5.41, 5.74) is 3.18. The fraction of sp³-hybridized carbons (Fsp3) is 0.618. The summed E-state index contributed by atoms with van der Waals surface area (Å²) in [6.07, 6.45) is 1.17. The summed E-state index contributed by atoms with van der Waals surface area (Å²) in [6, 6.07) is 9.12. The summed E-state index contributed by atoms with van der Waals surface area (Å²) < 4.78 is 28.3. The second-order valence-corrected chi connectivity index (χ2v) is 14.3. The number of carbonyl (C=O) groups is 1. The van der Waals surface area contributed by atoms with Crippen LogP contribution < -0.4 is 15.9 Å². The Morgan fingerprint density at radius 2 is 1.89 bits per heavy atom. The topological polar surface area (TPSA) is 96.6 Å². The van der Waals surface area contributed by atoms with Gasteiger partial charge < -0.3 is 19.7 Å². The molecule has 0 radical (unpaired) electrons. The fourth-order valence-corrected chi connectivity index (χ4v) is 7.71. The predicted octanol–water partition coefficient (Wildman–Crippen LogP) is 2.19. The average Bonchev–Trinajstić information content (AvgIpc) is 3.73. The van der Waals surface area contributed by atoms with Crippen LogP contribution in [0.2, 0.25) is 0 Å². The number of morpholine rings is 1. The average molecular weight is 636 g/mol. The van der Waals surface area contributed by atoms with Crippen LogP contribution in [0, 0.1) is 5.82 Å². The molecule has 2 aromatic heterocycles. The van der Waals surface area contributed by atoms with Gasteiger partial charge in [0.15, 0.2) is 5.65 Å². The monoisotopic (exact) mass is 635 g/mol. The maximum atomic E-state index is 14.4. The molecule has 12 heteroatoms. The van der Waals surface area contributed by atoms with E-state index in [1.54, 1.807) is 21.2 Å². The smallest absolute Gasteiger partial charge is 0.351 e. The number of piperazine rings is 1. The number of aromatic nitrogens is 3. The minimum atomic E-state index is -0.485. The molecule has 3 fully saturated rings. The summed E-state index contributed by atoms with van der Waals surface area (Å²) in [6.45, 7) is 15.2. The molecule has 6 heterocycles. The minimum absolute atomic E-state index is 0.0256. The number of carbonyl (C=O) groups excluding carboxylic acids is 1. The number of nitrogens with one attached hydrogen (secondary N) is 1. The van der Waals surface area contributed by atoms with Crippen molar-refractivity contribution in [2.24, 2.45) is 0 Å². The molecule has 0 spiro atoms. The van der Waals surface area contributed by atoms with E-state index in [4.69, 9.17) is 14.6 Å². The van der Waals surface area contributed by atoms with E-state index in [-0.39, 0.29) is 35.5 Å². The van der Waals surface area contributed by atoms with Crippen LogP contribution in [0.1, 0.15) is 57.0 Å². The normalized spacial score (nSPS) is 27.0. The van der Waals surface area contributed by atoms with Crippen molar-refractivity contribution >= 4 is 17.2 Å². The van der Waals surface area contributed by atoms with Crippen LogP contribution in [0.5, 0.6) is 0 Å². The maximum absolute atomic E-state index is 14.4. The van der Waals surface area contributed by atoms with Gasteiger partial charge in [-0.15, -0.1) is 5.10 Å². The number of amides is 1. The Kier molecular flexibility index (Phi) is 8.52. The molecule has 11 nitrogen and oxygen atoms in total. The number of nitrogens with zero attached hydrogens (tertiary/aromatic N) is 6. The Morgan fingerprint density at radius 3 is 2.63 bits per heavy atom. The molecule has 3 aromatic rings. The summed E-state index contributed by atoms with van der Waals surface area (Å²) in [5, 5.41) is 8.49. The summed E-state index contributed by atoms with van der Waals surface area (Å²) in [4.78, 5) is 35.2. The van der Waals surface area contributed by atoms with Gasteiger partial charge in [0.2, 0.25) is 5.91 Å². The Balaban J connectivity index is 1.25. The zero-order chi connectivity index (χ0) is 32.2. The minimum Gasteiger partial charge on any atom is -0.379 e. The number of rotatable bonds is 7. The first-order valence-corrected chi connectivity index (χ1v) is 16.7. The van der Waals surface area contributed by atoms with Crippen LogP contribution in [0.25, 0.3) is 5.65 Å².